The molecule has 0 aromatic heterocycles. The zero-order chi connectivity index (χ0) is 17.5. The van der Waals surface area contributed by atoms with Gasteiger partial charge in [0.05, 0.1) is 6.10 Å². The lowest BCUT2D eigenvalue weighted by Gasteiger charge is -2.37. The van der Waals surface area contributed by atoms with E-state index in [1.54, 1.807) is 13.2 Å². The Morgan fingerprint density at radius 3 is 2.79 bits per heavy atom. The molecule has 1 fully saturated rings. The summed E-state index contributed by atoms with van der Waals surface area (Å²) in [6.07, 6.45) is 4.24. The van der Waals surface area contributed by atoms with Crippen LogP contribution in [0.1, 0.15) is 38.2 Å². The zero-order valence-corrected chi connectivity index (χ0v) is 14.4. The highest BCUT2D eigenvalue weighted by Crippen LogP contribution is 2.19. The number of nitrogens with one attached hydrogen (secondary N) is 1. The molecule has 0 aliphatic carbocycles. The van der Waals surface area contributed by atoms with Crippen LogP contribution in [0.15, 0.2) is 18.2 Å². The van der Waals surface area contributed by atoms with Crippen LogP contribution in [0.4, 0.5) is 13.6 Å². The second-order valence-electron chi connectivity index (χ2n) is 6.36. The van der Waals surface area contributed by atoms with Crippen molar-refractivity contribution in [3.8, 4) is 0 Å². The van der Waals surface area contributed by atoms with E-state index in [1.165, 1.54) is 6.07 Å². The molecule has 1 aromatic carbocycles. The number of urea groups is 1. The first-order valence-electron chi connectivity index (χ1n) is 8.52. The Hall–Kier alpha value is -1.69. The molecule has 2 rings (SSSR count). The first-order valence-corrected chi connectivity index (χ1v) is 8.52. The highest BCUT2D eigenvalue weighted by Gasteiger charge is 2.28. The third-order valence-corrected chi connectivity index (χ3v) is 4.57. The average molecular weight is 340 g/mol. The van der Waals surface area contributed by atoms with Crippen LogP contribution >= 0.6 is 0 Å². The normalized spacial score (nSPS) is 20.9. The molecule has 0 bridgehead atoms. The molecule has 2 atom stereocenters. The van der Waals surface area contributed by atoms with Crippen LogP contribution in [-0.4, -0.2) is 43.3 Å². The molecular weight excluding hydrogens is 314 g/mol. The molecule has 134 valence electrons. The lowest BCUT2D eigenvalue weighted by atomic mass is 10.0. The van der Waals surface area contributed by atoms with Crippen molar-refractivity contribution in [2.24, 2.45) is 0 Å². The lowest BCUT2D eigenvalue weighted by Crippen LogP contribution is -2.50. The molecule has 1 heterocycles. The molecule has 2 amide bonds. The Kier molecular flexibility index (Phi) is 6.97. The van der Waals surface area contributed by atoms with Crippen molar-refractivity contribution < 1.29 is 18.3 Å². The summed E-state index contributed by atoms with van der Waals surface area (Å²) in [6, 6.07) is 4.11. The molecule has 6 heteroatoms. The van der Waals surface area contributed by atoms with Gasteiger partial charge >= 0.3 is 6.03 Å². The number of likely N-dealkylation sites (tertiary alicyclic amines) is 1. The van der Waals surface area contributed by atoms with Gasteiger partial charge in [0.15, 0.2) is 11.6 Å². The van der Waals surface area contributed by atoms with Crippen LogP contribution in [0.2, 0.25) is 0 Å². The Bertz CT molecular complexity index is 554. The molecule has 1 aliphatic rings. The van der Waals surface area contributed by atoms with E-state index in [0.29, 0.717) is 19.5 Å². The number of methoxy groups -OCH3 is 1. The summed E-state index contributed by atoms with van der Waals surface area (Å²) in [5, 5.41) is 2.93. The molecule has 0 spiro atoms. The SMILES string of the molecule is COC1CCN(C(=O)NCCCCc2ccc(F)c(F)c2)C(C)C1. The van der Waals surface area contributed by atoms with Gasteiger partial charge in [-0.25, -0.2) is 13.6 Å². The summed E-state index contributed by atoms with van der Waals surface area (Å²) >= 11 is 0. The Balaban J connectivity index is 1.65. The van der Waals surface area contributed by atoms with Gasteiger partial charge in [0.25, 0.3) is 0 Å². The van der Waals surface area contributed by atoms with Gasteiger partial charge in [0.1, 0.15) is 0 Å². The fourth-order valence-electron chi connectivity index (χ4n) is 3.09. The van der Waals surface area contributed by atoms with Crippen LogP contribution in [0, 0.1) is 11.6 Å². The maximum absolute atomic E-state index is 13.1. The summed E-state index contributed by atoms with van der Waals surface area (Å²) < 4.78 is 31.3. The van der Waals surface area contributed by atoms with Gasteiger partial charge in [-0.3, -0.25) is 0 Å². The number of amides is 2. The highest BCUT2D eigenvalue weighted by atomic mass is 19.2. The molecule has 4 nitrogen and oxygen atoms in total. The summed E-state index contributed by atoms with van der Waals surface area (Å²) in [7, 11) is 1.71. The van der Waals surface area contributed by atoms with E-state index in [4.69, 9.17) is 4.74 Å². The van der Waals surface area contributed by atoms with E-state index in [9.17, 15) is 13.6 Å². The van der Waals surface area contributed by atoms with Crippen molar-refractivity contribution in [1.29, 1.82) is 0 Å². The standard InChI is InChI=1S/C18H26F2N2O2/c1-13-11-15(24-2)8-10-22(13)18(23)21-9-4-3-5-14-6-7-16(19)17(20)12-14/h6-7,12-13,15H,3-5,8-11H2,1-2H3,(H,21,23). The number of aryl methyl sites for hydroxylation is 1. The number of hydrogen-bond donors (Lipinski definition) is 1. The Morgan fingerprint density at radius 1 is 1.33 bits per heavy atom. The number of unbranched alkanes of at least 4 members (excludes halogenated alkanes) is 1. The van der Waals surface area contributed by atoms with Crippen LogP contribution in [0.25, 0.3) is 0 Å². The van der Waals surface area contributed by atoms with E-state index in [-0.39, 0.29) is 18.2 Å². The number of rotatable bonds is 6. The fourth-order valence-corrected chi connectivity index (χ4v) is 3.09. The maximum atomic E-state index is 13.1. The molecular formula is C18H26F2N2O2. The summed E-state index contributed by atoms with van der Waals surface area (Å²) in [5.41, 5.74) is 0.774. The summed E-state index contributed by atoms with van der Waals surface area (Å²) in [4.78, 5) is 14.1. The number of piperidine rings is 1. The number of ether oxygens (including phenoxy) is 1. The van der Waals surface area contributed by atoms with Gasteiger partial charge in [-0.05, 0) is 56.7 Å². The van der Waals surface area contributed by atoms with Crippen LogP contribution in [0.3, 0.4) is 0 Å². The van der Waals surface area contributed by atoms with E-state index in [2.05, 4.69) is 5.32 Å². The van der Waals surface area contributed by atoms with Crippen LogP contribution in [0.5, 0.6) is 0 Å². The smallest absolute Gasteiger partial charge is 0.317 e. The van der Waals surface area contributed by atoms with Crippen molar-refractivity contribution in [2.45, 2.75) is 51.2 Å². The first-order chi connectivity index (χ1) is 11.5. The number of carbonyl (C=O) groups excluding carboxylic acids is 1. The van der Waals surface area contributed by atoms with Gasteiger partial charge in [0, 0.05) is 26.2 Å². The number of hydrogen-bond acceptors (Lipinski definition) is 2. The lowest BCUT2D eigenvalue weighted by molar-refractivity contribution is 0.0293. The van der Waals surface area contributed by atoms with E-state index in [1.807, 2.05) is 11.8 Å². The quantitative estimate of drug-likeness (QED) is 0.806. The number of benzene rings is 1. The first kappa shape index (κ1) is 18.6. The summed E-state index contributed by atoms with van der Waals surface area (Å²) in [5.74, 6) is -1.63. The van der Waals surface area contributed by atoms with Crippen molar-refractivity contribution >= 4 is 6.03 Å². The third kappa shape index (κ3) is 5.16. The molecule has 2 unspecified atom stereocenters. The second-order valence-corrected chi connectivity index (χ2v) is 6.36. The fraction of sp³-hybridized carbons (Fsp3) is 0.611. The molecule has 24 heavy (non-hydrogen) atoms. The van der Waals surface area contributed by atoms with E-state index < -0.39 is 11.6 Å². The minimum Gasteiger partial charge on any atom is -0.381 e. The topological polar surface area (TPSA) is 41.6 Å². The Labute approximate surface area is 142 Å². The van der Waals surface area contributed by atoms with Gasteiger partial charge in [-0.2, -0.15) is 0 Å². The van der Waals surface area contributed by atoms with Crippen molar-refractivity contribution in [1.82, 2.24) is 10.2 Å². The number of nitrogens with zero attached hydrogens (tertiary/aromatic N) is 1. The zero-order valence-electron chi connectivity index (χ0n) is 14.4. The molecule has 0 radical (unpaired) electrons. The van der Waals surface area contributed by atoms with Gasteiger partial charge < -0.3 is 15.0 Å². The minimum absolute atomic E-state index is 0.0371. The van der Waals surface area contributed by atoms with Gasteiger partial charge in [-0.15, -0.1) is 0 Å². The Morgan fingerprint density at radius 2 is 2.12 bits per heavy atom. The monoisotopic (exact) mass is 340 g/mol. The number of carbonyl (C=O) groups is 1. The average Bonchev–Trinajstić information content (AvgIpc) is 2.57. The van der Waals surface area contributed by atoms with Crippen molar-refractivity contribution in [3.05, 3.63) is 35.4 Å². The molecule has 1 aromatic rings. The maximum Gasteiger partial charge on any atom is 0.317 e. The number of halogens is 2. The second kappa shape index (κ2) is 8.97. The third-order valence-electron chi connectivity index (χ3n) is 4.57. The molecule has 1 aliphatic heterocycles. The minimum atomic E-state index is -0.822. The van der Waals surface area contributed by atoms with Crippen LogP contribution in [-0.2, 0) is 11.2 Å². The van der Waals surface area contributed by atoms with E-state index >= 15 is 0 Å². The van der Waals surface area contributed by atoms with Crippen molar-refractivity contribution in [3.63, 3.8) is 0 Å². The summed E-state index contributed by atoms with van der Waals surface area (Å²) in [6.45, 7) is 3.33. The highest BCUT2D eigenvalue weighted by molar-refractivity contribution is 5.74. The largest absolute Gasteiger partial charge is 0.381 e. The van der Waals surface area contributed by atoms with Crippen molar-refractivity contribution in [2.75, 3.05) is 20.2 Å². The predicted octanol–water partition coefficient (Wildman–Crippen LogP) is 3.50. The molecule has 1 saturated heterocycles. The van der Waals surface area contributed by atoms with E-state index in [0.717, 1.165) is 37.3 Å². The van der Waals surface area contributed by atoms with Gasteiger partial charge in [-0.1, -0.05) is 6.07 Å². The predicted molar refractivity (Wildman–Crippen MR) is 88.9 cm³/mol. The molecule has 0 saturated carbocycles. The van der Waals surface area contributed by atoms with Crippen LogP contribution < -0.4 is 5.32 Å². The molecule has 1 N–H and O–H groups in total. The van der Waals surface area contributed by atoms with Gasteiger partial charge in [0.2, 0.25) is 0 Å².